The maximum Gasteiger partial charge on any atom is 0.332 e. The first-order valence-corrected chi connectivity index (χ1v) is 13.6. The number of pyridine rings is 1. The number of thiocarbonyl (C=S) groups is 1. The number of hydrogen-bond donors (Lipinski definition) is 2. The molecule has 1 aliphatic rings. The van der Waals surface area contributed by atoms with E-state index in [0.717, 1.165) is 22.3 Å². The Morgan fingerprint density at radius 3 is 2.52 bits per heavy atom. The predicted molar refractivity (Wildman–Crippen MR) is 155 cm³/mol. The zero-order valence-electron chi connectivity index (χ0n) is 22.7. The molecule has 3 unspecified atom stereocenters. The Morgan fingerprint density at radius 2 is 1.88 bits per heavy atom. The summed E-state index contributed by atoms with van der Waals surface area (Å²) in [5, 5.41) is 21.7. The van der Waals surface area contributed by atoms with Crippen molar-refractivity contribution in [3.05, 3.63) is 107 Å². The number of aliphatic hydroxyl groups excluding tert-OH is 1. The van der Waals surface area contributed by atoms with Crippen LogP contribution in [0.1, 0.15) is 54.0 Å². The van der Waals surface area contributed by atoms with Crippen LogP contribution in [0.4, 0.5) is 0 Å². The van der Waals surface area contributed by atoms with E-state index in [4.69, 9.17) is 21.7 Å². The summed E-state index contributed by atoms with van der Waals surface area (Å²) in [4.78, 5) is 29.4. The monoisotopic (exact) mass is 559 g/mol. The number of carboxylic acid groups (broad SMARTS) is 1. The Hall–Kier alpha value is -3.88. The van der Waals surface area contributed by atoms with Crippen LogP contribution in [0, 0.1) is 12.8 Å². The smallest absolute Gasteiger partial charge is 0.332 e. The van der Waals surface area contributed by atoms with E-state index in [2.05, 4.69) is 4.98 Å². The van der Waals surface area contributed by atoms with Gasteiger partial charge in [0.25, 0.3) is 0 Å². The number of hydrogen-bond acceptors (Lipinski definition) is 7. The van der Waals surface area contributed by atoms with Crippen LogP contribution in [-0.2, 0) is 33.0 Å². The summed E-state index contributed by atoms with van der Waals surface area (Å²) in [6.07, 6.45) is 4.99. The fourth-order valence-corrected chi connectivity index (χ4v) is 5.69. The van der Waals surface area contributed by atoms with E-state index in [-0.39, 0.29) is 23.6 Å². The van der Waals surface area contributed by atoms with Crippen molar-refractivity contribution in [3.8, 4) is 5.75 Å². The molecule has 0 spiro atoms. The lowest BCUT2D eigenvalue weighted by Crippen LogP contribution is -2.51. The first-order valence-electron chi connectivity index (χ1n) is 13.2. The first-order chi connectivity index (χ1) is 19.1. The van der Waals surface area contributed by atoms with Gasteiger partial charge >= 0.3 is 11.9 Å². The van der Waals surface area contributed by atoms with Gasteiger partial charge in [-0.3, -0.25) is 9.78 Å². The molecule has 0 saturated heterocycles. The average Bonchev–Trinajstić information content (AvgIpc) is 2.92. The van der Waals surface area contributed by atoms with Crippen molar-refractivity contribution in [2.75, 3.05) is 0 Å². The van der Waals surface area contributed by atoms with Crippen molar-refractivity contribution < 1.29 is 29.3 Å². The molecule has 3 aromatic rings. The average molecular weight is 560 g/mol. The summed E-state index contributed by atoms with van der Waals surface area (Å²) in [5.41, 5.74) is 2.42. The number of nitrogens with zero attached hydrogens (tertiary/aromatic N) is 1. The van der Waals surface area contributed by atoms with Gasteiger partial charge in [0, 0.05) is 29.6 Å². The van der Waals surface area contributed by atoms with Crippen molar-refractivity contribution in [1.82, 2.24) is 4.98 Å². The fourth-order valence-electron chi connectivity index (χ4n) is 5.32. The number of esters is 1. The molecular formula is C32H33NO6S. The number of ether oxygens (including phenoxy) is 2. The third kappa shape index (κ3) is 6.29. The van der Waals surface area contributed by atoms with Gasteiger partial charge in [-0.2, -0.15) is 0 Å². The minimum atomic E-state index is -1.72. The van der Waals surface area contributed by atoms with Crippen LogP contribution in [0.15, 0.2) is 79.1 Å². The van der Waals surface area contributed by atoms with Crippen molar-refractivity contribution in [2.45, 2.75) is 57.8 Å². The van der Waals surface area contributed by atoms with Gasteiger partial charge in [-0.1, -0.05) is 68.5 Å². The Morgan fingerprint density at radius 1 is 1.12 bits per heavy atom. The number of aliphatic hydroxyl groups is 1. The number of aryl methyl sites for hydroxylation is 1. The predicted octanol–water partition coefficient (Wildman–Crippen LogP) is 5.47. The first kappa shape index (κ1) is 29.1. The SMILES string of the molecule is Cc1cc(CC(O)CC(C(=O)O)C2(c3ccccc3)OC(=O)C=CC2=S)c(C(C)C)c(OCc2cccnc2)c1. The lowest BCUT2D eigenvalue weighted by molar-refractivity contribution is -0.164. The Kier molecular flexibility index (Phi) is 9.12. The summed E-state index contributed by atoms with van der Waals surface area (Å²) < 4.78 is 11.9. The summed E-state index contributed by atoms with van der Waals surface area (Å²) in [6.45, 7) is 6.39. The summed E-state index contributed by atoms with van der Waals surface area (Å²) in [5.74, 6) is -2.43. The molecular weight excluding hydrogens is 526 g/mol. The second kappa shape index (κ2) is 12.5. The van der Waals surface area contributed by atoms with E-state index in [1.54, 1.807) is 42.7 Å². The molecule has 208 valence electrons. The summed E-state index contributed by atoms with van der Waals surface area (Å²) >= 11 is 5.58. The van der Waals surface area contributed by atoms with Crippen LogP contribution in [0.25, 0.3) is 0 Å². The van der Waals surface area contributed by atoms with Crippen molar-refractivity contribution in [3.63, 3.8) is 0 Å². The van der Waals surface area contributed by atoms with Crippen molar-refractivity contribution in [2.24, 2.45) is 5.92 Å². The van der Waals surface area contributed by atoms with Gasteiger partial charge in [0.1, 0.15) is 18.3 Å². The largest absolute Gasteiger partial charge is 0.489 e. The van der Waals surface area contributed by atoms with Crippen molar-refractivity contribution >= 4 is 29.0 Å². The molecule has 1 aromatic heterocycles. The molecule has 8 heteroatoms. The zero-order chi connectivity index (χ0) is 28.9. The van der Waals surface area contributed by atoms with E-state index < -0.39 is 29.6 Å². The summed E-state index contributed by atoms with van der Waals surface area (Å²) in [6, 6.07) is 16.4. The third-order valence-electron chi connectivity index (χ3n) is 7.02. The molecule has 0 fully saturated rings. The van der Waals surface area contributed by atoms with Gasteiger partial charge < -0.3 is 19.7 Å². The molecule has 7 nitrogen and oxygen atoms in total. The van der Waals surface area contributed by atoms with Gasteiger partial charge in [-0.05, 0) is 60.6 Å². The number of carboxylic acids is 1. The Balaban J connectivity index is 1.65. The van der Waals surface area contributed by atoms with Crippen LogP contribution < -0.4 is 4.74 Å². The van der Waals surface area contributed by atoms with Gasteiger partial charge in [0.15, 0.2) is 5.60 Å². The van der Waals surface area contributed by atoms with Crippen LogP contribution in [0.3, 0.4) is 0 Å². The van der Waals surface area contributed by atoms with Gasteiger partial charge in [0.2, 0.25) is 0 Å². The molecule has 0 bridgehead atoms. The molecule has 2 aromatic carbocycles. The van der Waals surface area contributed by atoms with Crippen molar-refractivity contribution in [1.29, 1.82) is 0 Å². The van der Waals surface area contributed by atoms with E-state index in [9.17, 15) is 19.8 Å². The highest BCUT2D eigenvalue weighted by Gasteiger charge is 2.52. The van der Waals surface area contributed by atoms with Gasteiger partial charge in [0.05, 0.1) is 11.0 Å². The molecule has 1 aliphatic heterocycles. The molecule has 3 atom stereocenters. The van der Waals surface area contributed by atoms with Gasteiger partial charge in [-0.15, -0.1) is 0 Å². The minimum absolute atomic E-state index is 0.0784. The van der Waals surface area contributed by atoms with E-state index in [0.29, 0.717) is 17.9 Å². The standard InChI is InChI=1S/C32H33NO6S/c1-20(2)30-23(14-21(3)15-27(30)38-19-22-8-7-13-33-18-22)16-25(34)17-26(31(36)37)32(24-9-5-4-6-10-24)28(40)11-12-29(35)39-32/h4-15,18,20,25-26,34H,16-17,19H2,1-3H3,(H,36,37). The van der Waals surface area contributed by atoms with E-state index in [1.165, 1.54) is 12.2 Å². The minimum Gasteiger partial charge on any atom is -0.489 e. The molecule has 2 heterocycles. The van der Waals surface area contributed by atoms with E-state index in [1.807, 2.05) is 45.0 Å². The third-order valence-corrected chi connectivity index (χ3v) is 7.46. The van der Waals surface area contributed by atoms with Gasteiger partial charge in [-0.25, -0.2) is 4.79 Å². The number of carbonyl (C=O) groups is 2. The normalized spacial score (nSPS) is 18.3. The molecule has 0 radical (unpaired) electrons. The Labute approximate surface area is 239 Å². The number of cyclic esters (lactones) is 1. The zero-order valence-corrected chi connectivity index (χ0v) is 23.6. The molecule has 4 rings (SSSR count). The highest BCUT2D eigenvalue weighted by molar-refractivity contribution is 7.81. The molecule has 2 N–H and O–H groups in total. The lowest BCUT2D eigenvalue weighted by atomic mass is 9.74. The number of aromatic nitrogens is 1. The Bertz CT molecular complexity index is 1410. The second-order valence-corrected chi connectivity index (χ2v) is 10.8. The lowest BCUT2D eigenvalue weighted by Gasteiger charge is -2.40. The number of carbonyl (C=O) groups excluding carboxylic acids is 1. The quantitative estimate of drug-likeness (QED) is 0.236. The maximum atomic E-state index is 12.7. The topological polar surface area (TPSA) is 106 Å². The number of benzene rings is 2. The van der Waals surface area contributed by atoms with Crippen LogP contribution in [0.5, 0.6) is 5.75 Å². The maximum absolute atomic E-state index is 12.7. The van der Waals surface area contributed by atoms with Crippen LogP contribution in [-0.4, -0.2) is 38.1 Å². The highest BCUT2D eigenvalue weighted by Crippen LogP contribution is 2.42. The van der Waals surface area contributed by atoms with Crippen LogP contribution in [0.2, 0.25) is 0 Å². The molecule has 0 amide bonds. The van der Waals surface area contributed by atoms with Crippen LogP contribution >= 0.6 is 12.2 Å². The fraction of sp³-hybridized carbons (Fsp3) is 0.312. The molecule has 40 heavy (non-hydrogen) atoms. The number of rotatable bonds is 11. The summed E-state index contributed by atoms with van der Waals surface area (Å²) in [7, 11) is 0. The molecule has 0 saturated carbocycles. The number of aliphatic carboxylic acids is 1. The molecule has 0 aliphatic carbocycles. The second-order valence-electron chi connectivity index (χ2n) is 10.3. The van der Waals surface area contributed by atoms with E-state index >= 15 is 0 Å². The highest BCUT2D eigenvalue weighted by atomic mass is 32.1.